The molecule has 12 nitrogen and oxygen atoms in total. The molecular formula is C27H41NO11. The highest BCUT2D eigenvalue weighted by atomic mass is 16.7. The van der Waals surface area contributed by atoms with Gasteiger partial charge in [0.15, 0.2) is 11.5 Å². The minimum Gasteiger partial charge on any atom is -0.458 e. The Labute approximate surface area is 229 Å². The van der Waals surface area contributed by atoms with Gasteiger partial charge in [-0.1, -0.05) is 40.2 Å². The lowest BCUT2D eigenvalue weighted by Crippen LogP contribution is -2.39. The number of rotatable bonds is 15. The van der Waals surface area contributed by atoms with E-state index in [1.54, 1.807) is 19.9 Å². The molecule has 0 aromatic heterocycles. The van der Waals surface area contributed by atoms with E-state index in [0.29, 0.717) is 18.4 Å². The van der Waals surface area contributed by atoms with Crippen LogP contribution in [0.3, 0.4) is 0 Å². The van der Waals surface area contributed by atoms with Crippen molar-refractivity contribution in [1.82, 2.24) is 0 Å². The van der Waals surface area contributed by atoms with E-state index in [1.165, 1.54) is 12.1 Å². The summed E-state index contributed by atoms with van der Waals surface area (Å²) in [4.78, 5) is 48.4. The van der Waals surface area contributed by atoms with Crippen molar-refractivity contribution < 1.29 is 52.3 Å². The Bertz CT molecular complexity index is 936. The molecule has 1 aromatic rings. The molecule has 220 valence electrons. The molecule has 0 saturated carbocycles. The lowest BCUT2D eigenvalue weighted by Gasteiger charge is -2.22. The fourth-order valence-electron chi connectivity index (χ4n) is 2.77. The third-order valence-electron chi connectivity index (χ3n) is 5.43. The van der Waals surface area contributed by atoms with E-state index >= 15 is 0 Å². The highest BCUT2D eigenvalue weighted by Crippen LogP contribution is 2.30. The van der Waals surface area contributed by atoms with Crippen LogP contribution in [0.5, 0.6) is 11.5 Å². The summed E-state index contributed by atoms with van der Waals surface area (Å²) in [5.74, 6) is -0.734. The lowest BCUT2D eigenvalue weighted by molar-refractivity contribution is -0.155. The van der Waals surface area contributed by atoms with E-state index in [-0.39, 0.29) is 43.7 Å². The summed E-state index contributed by atoms with van der Waals surface area (Å²) in [6.45, 7) is 11.2. The topological polar surface area (TPSA) is 159 Å². The molecule has 0 amide bonds. The van der Waals surface area contributed by atoms with Crippen molar-refractivity contribution in [2.45, 2.75) is 85.5 Å². The first-order valence-corrected chi connectivity index (χ1v) is 13.1. The molecule has 1 aromatic carbocycles. The second kappa shape index (κ2) is 17.9. The second-order valence-electron chi connectivity index (χ2n) is 9.03. The highest BCUT2D eigenvalue weighted by Gasteiger charge is 2.25. The van der Waals surface area contributed by atoms with Crippen LogP contribution < -0.4 is 15.2 Å². The SMILES string of the molecule is CCCOC(=O)Oc1ccc(C[C@H](N)C(=O)O[C@@H](C)[C@H](C)OC(=O)OCC(C)CC)cc1OC(=O)OCCC. The molecule has 2 N–H and O–H groups in total. The number of esters is 1. The van der Waals surface area contributed by atoms with Gasteiger partial charge in [-0.2, -0.15) is 0 Å². The molecule has 0 radical (unpaired) electrons. The Morgan fingerprint density at radius 2 is 1.33 bits per heavy atom. The molecule has 0 fully saturated rings. The van der Waals surface area contributed by atoms with E-state index in [4.69, 9.17) is 38.9 Å². The molecule has 0 heterocycles. The van der Waals surface area contributed by atoms with Crippen molar-refractivity contribution >= 4 is 24.4 Å². The quantitative estimate of drug-likeness (QED) is 0.177. The Morgan fingerprint density at radius 3 is 1.90 bits per heavy atom. The van der Waals surface area contributed by atoms with Gasteiger partial charge < -0.3 is 38.9 Å². The molecule has 0 aliphatic heterocycles. The van der Waals surface area contributed by atoms with E-state index in [0.717, 1.165) is 6.42 Å². The van der Waals surface area contributed by atoms with Crippen LogP contribution in [0, 0.1) is 5.92 Å². The zero-order valence-electron chi connectivity index (χ0n) is 23.6. The monoisotopic (exact) mass is 555 g/mol. The van der Waals surface area contributed by atoms with E-state index in [9.17, 15) is 19.2 Å². The minimum absolute atomic E-state index is 0.00132. The van der Waals surface area contributed by atoms with Crippen LogP contribution in [0.15, 0.2) is 18.2 Å². The predicted molar refractivity (Wildman–Crippen MR) is 140 cm³/mol. The van der Waals surface area contributed by atoms with Gasteiger partial charge in [0.2, 0.25) is 0 Å². The Hall–Kier alpha value is -3.54. The average molecular weight is 556 g/mol. The molecular weight excluding hydrogens is 514 g/mol. The number of hydrogen-bond acceptors (Lipinski definition) is 12. The molecule has 0 saturated heterocycles. The normalized spacial score (nSPS) is 13.7. The molecule has 39 heavy (non-hydrogen) atoms. The number of carbonyl (C=O) groups is 4. The van der Waals surface area contributed by atoms with Crippen molar-refractivity contribution in [3.63, 3.8) is 0 Å². The third kappa shape index (κ3) is 13.2. The van der Waals surface area contributed by atoms with Gasteiger partial charge in [-0.3, -0.25) is 4.79 Å². The molecule has 0 bridgehead atoms. The van der Waals surface area contributed by atoms with Gasteiger partial charge in [-0.25, -0.2) is 14.4 Å². The summed E-state index contributed by atoms with van der Waals surface area (Å²) in [5, 5.41) is 0. The highest BCUT2D eigenvalue weighted by molar-refractivity contribution is 5.76. The second-order valence-corrected chi connectivity index (χ2v) is 9.03. The van der Waals surface area contributed by atoms with Gasteiger partial charge >= 0.3 is 24.4 Å². The largest absolute Gasteiger partial charge is 0.513 e. The van der Waals surface area contributed by atoms with E-state index in [2.05, 4.69) is 0 Å². The Morgan fingerprint density at radius 1 is 0.769 bits per heavy atom. The smallest absolute Gasteiger partial charge is 0.458 e. The van der Waals surface area contributed by atoms with Gasteiger partial charge in [0.1, 0.15) is 18.2 Å². The maximum absolute atomic E-state index is 12.6. The van der Waals surface area contributed by atoms with Crippen molar-refractivity contribution in [3.8, 4) is 11.5 Å². The van der Waals surface area contributed by atoms with Crippen molar-refractivity contribution in [1.29, 1.82) is 0 Å². The first kappa shape index (κ1) is 33.5. The van der Waals surface area contributed by atoms with Gasteiger partial charge in [-0.05, 0) is 56.7 Å². The number of benzene rings is 1. The van der Waals surface area contributed by atoms with Crippen molar-refractivity contribution in [3.05, 3.63) is 23.8 Å². The predicted octanol–water partition coefficient (Wildman–Crippen LogP) is 4.93. The molecule has 0 aliphatic rings. The van der Waals surface area contributed by atoms with Crippen LogP contribution in [0.25, 0.3) is 0 Å². The van der Waals surface area contributed by atoms with Gasteiger partial charge in [-0.15, -0.1) is 0 Å². The number of ether oxygens (including phenoxy) is 7. The fourth-order valence-corrected chi connectivity index (χ4v) is 2.77. The Balaban J connectivity index is 2.82. The molecule has 1 unspecified atom stereocenters. The standard InChI is InChI=1S/C27H41NO11/c1-7-12-33-25(30)38-22-11-10-20(15-23(22)39-26(31)34-13-8-2)14-21(28)24(29)36-18(5)19(6)37-27(32)35-16-17(4)9-3/h10-11,15,17-19,21H,7-9,12-14,16,28H2,1-6H3/t17?,18-,19-,21-/m0/s1. The summed E-state index contributed by atoms with van der Waals surface area (Å²) in [5.41, 5.74) is 6.53. The summed E-state index contributed by atoms with van der Waals surface area (Å²) in [7, 11) is 0. The van der Waals surface area contributed by atoms with Crippen LogP contribution in [-0.4, -0.2) is 62.5 Å². The van der Waals surface area contributed by atoms with Crippen molar-refractivity contribution in [2.24, 2.45) is 11.7 Å². The van der Waals surface area contributed by atoms with Crippen LogP contribution in [-0.2, 0) is 34.9 Å². The maximum atomic E-state index is 12.6. The lowest BCUT2D eigenvalue weighted by atomic mass is 10.1. The van der Waals surface area contributed by atoms with Crippen LogP contribution in [0.2, 0.25) is 0 Å². The summed E-state index contributed by atoms with van der Waals surface area (Å²) in [6.07, 6.45) is -2.34. The van der Waals surface area contributed by atoms with Crippen LogP contribution >= 0.6 is 0 Å². The third-order valence-corrected chi connectivity index (χ3v) is 5.43. The molecule has 12 heteroatoms. The molecule has 1 rings (SSSR count). The first-order chi connectivity index (χ1) is 18.5. The summed E-state index contributed by atoms with van der Waals surface area (Å²) >= 11 is 0. The zero-order valence-corrected chi connectivity index (χ0v) is 23.6. The van der Waals surface area contributed by atoms with Crippen molar-refractivity contribution in [2.75, 3.05) is 19.8 Å². The first-order valence-electron chi connectivity index (χ1n) is 13.1. The van der Waals surface area contributed by atoms with Crippen LogP contribution in [0.4, 0.5) is 14.4 Å². The molecule has 0 aliphatic carbocycles. The fraction of sp³-hybridized carbons (Fsp3) is 0.630. The number of nitrogens with two attached hydrogens (primary N) is 1. The average Bonchev–Trinajstić information content (AvgIpc) is 2.90. The maximum Gasteiger partial charge on any atom is 0.513 e. The summed E-state index contributed by atoms with van der Waals surface area (Å²) < 4.78 is 35.7. The van der Waals surface area contributed by atoms with Crippen LogP contribution in [0.1, 0.15) is 66.4 Å². The Kier molecular flexibility index (Phi) is 15.3. The van der Waals surface area contributed by atoms with Gasteiger partial charge in [0.25, 0.3) is 0 Å². The number of hydrogen-bond donors (Lipinski definition) is 1. The van der Waals surface area contributed by atoms with E-state index in [1.807, 2.05) is 27.7 Å². The van der Waals surface area contributed by atoms with E-state index < -0.39 is 42.7 Å². The minimum atomic E-state index is -1.10. The van der Waals surface area contributed by atoms with Gasteiger partial charge in [0, 0.05) is 0 Å². The molecule has 4 atom stereocenters. The number of carbonyl (C=O) groups excluding carboxylic acids is 4. The molecule has 0 spiro atoms. The zero-order chi connectivity index (χ0) is 29.4. The van der Waals surface area contributed by atoms with Gasteiger partial charge in [0.05, 0.1) is 19.8 Å². The summed E-state index contributed by atoms with van der Waals surface area (Å²) in [6, 6.07) is 3.22.